The minimum absolute atomic E-state index is 0.0284. The summed E-state index contributed by atoms with van der Waals surface area (Å²) in [4.78, 5) is 42.8. The largest absolute Gasteiger partial charge is 0.373 e. The Morgan fingerprint density at radius 2 is 2.19 bits per heavy atom. The van der Waals surface area contributed by atoms with Crippen molar-refractivity contribution in [2.45, 2.75) is 6.10 Å². The van der Waals surface area contributed by atoms with E-state index in [4.69, 9.17) is 11.6 Å². The Labute approximate surface area is 145 Å². The zero-order valence-corrected chi connectivity index (χ0v) is 13.0. The molecular weight excluding hydrogens is 388 g/mol. The van der Waals surface area contributed by atoms with Crippen LogP contribution in [-0.2, 0) is 14.7 Å². The Morgan fingerprint density at radius 1 is 1.46 bits per heavy atom. The van der Waals surface area contributed by atoms with Crippen LogP contribution < -0.4 is 10.2 Å². The third kappa shape index (κ3) is 4.11. The van der Waals surface area contributed by atoms with Gasteiger partial charge in [0.2, 0.25) is 5.52 Å². The summed E-state index contributed by atoms with van der Waals surface area (Å²) in [6, 6.07) is 0.979. The lowest BCUT2D eigenvalue weighted by molar-refractivity contribution is -0.782. The first kappa shape index (κ1) is 18.8. The molecule has 1 aromatic carbocycles. The molecule has 0 radical (unpaired) electrons. The zero-order chi connectivity index (χ0) is 19.3. The summed E-state index contributed by atoms with van der Waals surface area (Å²) in [5, 5.41) is 39.2. The Bertz CT molecular complexity index is 842. The van der Waals surface area contributed by atoms with Crippen LogP contribution in [0.3, 0.4) is 0 Å². The molecule has 17 heteroatoms. The highest BCUT2D eigenvalue weighted by molar-refractivity contribution is 6.34. The van der Waals surface area contributed by atoms with E-state index in [1.807, 2.05) is 5.34 Å². The number of nitro benzene ring substituents is 1. The van der Waals surface area contributed by atoms with Crippen LogP contribution in [0.5, 0.6) is 0 Å². The van der Waals surface area contributed by atoms with Crippen molar-refractivity contribution in [1.29, 1.82) is 0 Å². The van der Waals surface area contributed by atoms with E-state index < -0.39 is 40.0 Å². The highest BCUT2D eigenvalue weighted by Gasteiger charge is 2.30. The predicted molar refractivity (Wildman–Crippen MR) is 77.8 cm³/mol. The first-order valence-electron chi connectivity index (χ1n) is 6.37. The monoisotopic (exact) mass is 394 g/mol. The van der Waals surface area contributed by atoms with Gasteiger partial charge in [-0.05, 0) is 4.90 Å². The summed E-state index contributed by atoms with van der Waals surface area (Å²) in [5.41, 5.74) is -1.42. The van der Waals surface area contributed by atoms with Crippen molar-refractivity contribution in [3.8, 4) is 0 Å². The fourth-order valence-electron chi connectivity index (χ4n) is 1.87. The maximum atomic E-state index is 11.5. The van der Waals surface area contributed by atoms with E-state index >= 15 is 0 Å². The Balaban J connectivity index is 2.32. The Morgan fingerprint density at radius 3 is 2.81 bits per heavy atom. The number of fused-ring (bicyclic) bond motifs is 1. The summed E-state index contributed by atoms with van der Waals surface area (Å²) < 4.78 is 4.36. The number of benzene rings is 1. The van der Waals surface area contributed by atoms with Crippen LogP contribution >= 0.6 is 11.6 Å². The highest BCUT2D eigenvalue weighted by Crippen LogP contribution is 2.37. The average Bonchev–Trinajstić information content (AvgIpc) is 2.94. The van der Waals surface area contributed by atoms with Gasteiger partial charge < -0.3 is 15.4 Å². The molecule has 0 saturated carbocycles. The molecule has 1 heterocycles. The molecule has 0 bridgehead atoms. The van der Waals surface area contributed by atoms with Gasteiger partial charge in [-0.15, -0.1) is 15.0 Å². The quantitative estimate of drug-likeness (QED) is 0.193. The number of nitrogens with zero attached hydrogens (tertiary/aromatic N) is 5. The smallest absolute Gasteiger partial charge is 0.315 e. The fourth-order valence-corrected chi connectivity index (χ4v) is 2.14. The SMILES string of the molecule is O=NOOC(CNc1c([N+](=O)[O-])c(Cl)cc2c1no[n+]2[O-])CO[N+](=O)[O-]. The van der Waals surface area contributed by atoms with Crippen molar-refractivity contribution in [3.63, 3.8) is 0 Å². The van der Waals surface area contributed by atoms with Gasteiger partial charge >= 0.3 is 5.69 Å². The summed E-state index contributed by atoms with van der Waals surface area (Å²) in [6.07, 6.45) is -1.31. The molecule has 1 unspecified atom stereocenters. The van der Waals surface area contributed by atoms with Crippen LogP contribution in [0.25, 0.3) is 11.0 Å². The third-order valence-corrected chi connectivity index (χ3v) is 3.16. The van der Waals surface area contributed by atoms with E-state index in [-0.39, 0.29) is 21.6 Å². The first-order valence-corrected chi connectivity index (χ1v) is 6.75. The molecule has 0 fully saturated rings. The Hall–Kier alpha value is -3.53. The molecule has 0 aliphatic rings. The van der Waals surface area contributed by atoms with E-state index in [0.717, 1.165) is 6.07 Å². The van der Waals surface area contributed by atoms with E-state index in [2.05, 4.69) is 29.8 Å². The minimum Gasteiger partial charge on any atom is -0.373 e. The van der Waals surface area contributed by atoms with Gasteiger partial charge in [0.1, 0.15) is 17.7 Å². The molecule has 2 rings (SSSR count). The number of nitrogens with one attached hydrogen (secondary N) is 1. The molecule has 16 nitrogen and oxygen atoms in total. The predicted octanol–water partition coefficient (Wildman–Crippen LogP) is 0.641. The summed E-state index contributed by atoms with van der Waals surface area (Å²) in [5.74, 6) is 0. The second-order valence-corrected chi connectivity index (χ2v) is 4.81. The van der Waals surface area contributed by atoms with Crippen LogP contribution in [0.4, 0.5) is 11.4 Å². The van der Waals surface area contributed by atoms with Gasteiger partial charge in [0.15, 0.2) is 11.0 Å². The second-order valence-electron chi connectivity index (χ2n) is 4.40. The molecule has 26 heavy (non-hydrogen) atoms. The number of halogens is 1. The summed E-state index contributed by atoms with van der Waals surface area (Å²) in [7, 11) is 0. The van der Waals surface area contributed by atoms with Gasteiger partial charge in [-0.1, -0.05) is 11.6 Å². The number of hydrogen-bond donors (Lipinski definition) is 1. The van der Waals surface area contributed by atoms with Crippen LogP contribution in [0.15, 0.2) is 16.0 Å². The molecule has 1 aromatic heterocycles. The molecular formula is C9H7ClN6O10. The van der Waals surface area contributed by atoms with Gasteiger partial charge in [0.25, 0.3) is 10.6 Å². The van der Waals surface area contributed by atoms with Crippen molar-refractivity contribution in [2.75, 3.05) is 18.5 Å². The van der Waals surface area contributed by atoms with Gasteiger partial charge in [0.05, 0.1) is 4.92 Å². The van der Waals surface area contributed by atoms with E-state index in [1.165, 1.54) is 0 Å². The number of anilines is 1. The highest BCUT2D eigenvalue weighted by atomic mass is 35.5. The minimum atomic E-state index is -1.31. The van der Waals surface area contributed by atoms with E-state index in [0.29, 0.717) is 0 Å². The summed E-state index contributed by atoms with van der Waals surface area (Å²) >= 11 is 5.80. The summed E-state index contributed by atoms with van der Waals surface area (Å²) in [6.45, 7) is -1.14. The molecule has 0 amide bonds. The molecule has 0 spiro atoms. The lowest BCUT2D eigenvalue weighted by Crippen LogP contribution is -2.29. The number of aromatic nitrogens is 2. The van der Waals surface area contributed by atoms with E-state index in [9.17, 15) is 30.3 Å². The second kappa shape index (κ2) is 8.03. The molecule has 140 valence electrons. The number of rotatable bonds is 10. The number of nitro groups is 1. The van der Waals surface area contributed by atoms with E-state index in [1.54, 1.807) is 0 Å². The van der Waals surface area contributed by atoms with Gasteiger partial charge in [-0.25, -0.2) is 0 Å². The first-order chi connectivity index (χ1) is 12.3. The topological polar surface area (TPSA) is 208 Å². The third-order valence-electron chi connectivity index (χ3n) is 2.87. The van der Waals surface area contributed by atoms with Crippen LogP contribution in [0.2, 0.25) is 5.02 Å². The molecule has 0 saturated heterocycles. The van der Waals surface area contributed by atoms with Crippen molar-refractivity contribution < 1.29 is 34.3 Å². The molecule has 1 N–H and O–H groups in total. The fraction of sp³-hybridized carbons (Fsp3) is 0.333. The molecule has 2 aromatic rings. The van der Waals surface area contributed by atoms with Crippen LogP contribution in [-0.4, -0.2) is 34.4 Å². The van der Waals surface area contributed by atoms with Gasteiger partial charge in [0, 0.05) is 17.8 Å². The van der Waals surface area contributed by atoms with Gasteiger partial charge in [-0.2, -0.15) is 9.88 Å². The van der Waals surface area contributed by atoms with Gasteiger partial charge in [-0.3, -0.25) is 14.7 Å². The normalized spacial score (nSPS) is 11.7. The Kier molecular flexibility index (Phi) is 5.81. The lowest BCUT2D eigenvalue weighted by atomic mass is 10.2. The molecule has 0 aliphatic heterocycles. The van der Waals surface area contributed by atoms with Crippen molar-refractivity contribution in [3.05, 3.63) is 41.4 Å². The van der Waals surface area contributed by atoms with Crippen molar-refractivity contribution in [1.82, 2.24) is 5.16 Å². The standard InChI is InChI=1S/C9H7ClN6O10/c10-5-1-6-7(12-25-15(6)20)8(9(5)14(18)19)11-2-4(24-26-13-17)3-23-16(21)22/h1,4,11H,2-3H2. The zero-order valence-electron chi connectivity index (χ0n) is 12.3. The molecule has 0 aliphatic carbocycles. The van der Waals surface area contributed by atoms with Crippen LogP contribution in [0.1, 0.15) is 0 Å². The van der Waals surface area contributed by atoms with Crippen molar-refractivity contribution in [2.24, 2.45) is 5.34 Å². The van der Waals surface area contributed by atoms with Crippen molar-refractivity contribution >= 4 is 34.0 Å². The number of hydrogen-bond acceptors (Lipinski definition) is 13. The molecule has 1 atom stereocenters. The average molecular weight is 395 g/mol. The van der Waals surface area contributed by atoms with Crippen LogP contribution in [0, 0.1) is 30.3 Å². The maximum Gasteiger partial charge on any atom is 0.315 e. The maximum absolute atomic E-state index is 11.5. The lowest BCUT2D eigenvalue weighted by Gasteiger charge is -2.14.